The molecule has 2 aromatic carbocycles. The van der Waals surface area contributed by atoms with Gasteiger partial charge in [0.05, 0.1) is 16.7 Å². The van der Waals surface area contributed by atoms with Crippen molar-refractivity contribution in [3.63, 3.8) is 0 Å². The van der Waals surface area contributed by atoms with E-state index in [-0.39, 0.29) is 11.6 Å². The van der Waals surface area contributed by atoms with E-state index in [9.17, 15) is 9.59 Å². The fourth-order valence-electron chi connectivity index (χ4n) is 6.15. The summed E-state index contributed by atoms with van der Waals surface area (Å²) in [6.07, 6.45) is 0. The minimum Gasteiger partial charge on any atom is -0.295 e. The number of ketones is 2. The van der Waals surface area contributed by atoms with E-state index in [1.807, 2.05) is 36.2 Å². The number of fused-ring (bicyclic) bond motifs is 7. The number of hydrogen-bond donors (Lipinski definition) is 0. The van der Waals surface area contributed by atoms with Crippen LogP contribution in [0.3, 0.4) is 0 Å². The molecule has 0 amide bonds. The van der Waals surface area contributed by atoms with Gasteiger partial charge < -0.3 is 0 Å². The SMILES string of the molecule is CC(=O)C1=C(C(C)=O)C2(c3ccccc3-c3ccccc32)C2(C)C(C)=C(C)C(C)=NN12. The van der Waals surface area contributed by atoms with Crippen molar-refractivity contribution in [3.05, 3.63) is 82.1 Å². The monoisotopic (exact) mass is 410 g/mol. The predicted molar refractivity (Wildman–Crippen MR) is 123 cm³/mol. The molecular formula is C27H26N2O2. The summed E-state index contributed by atoms with van der Waals surface area (Å²) in [7, 11) is 0. The summed E-state index contributed by atoms with van der Waals surface area (Å²) in [6, 6.07) is 16.6. The molecule has 1 atom stereocenters. The van der Waals surface area contributed by atoms with Crippen LogP contribution in [-0.4, -0.2) is 27.8 Å². The summed E-state index contributed by atoms with van der Waals surface area (Å²) >= 11 is 0. The van der Waals surface area contributed by atoms with Crippen molar-refractivity contribution in [2.75, 3.05) is 0 Å². The van der Waals surface area contributed by atoms with E-state index in [1.165, 1.54) is 6.92 Å². The van der Waals surface area contributed by atoms with Crippen LogP contribution < -0.4 is 0 Å². The molecule has 5 rings (SSSR count). The third-order valence-electron chi connectivity index (χ3n) is 7.70. The number of allylic oxidation sites excluding steroid dienone is 2. The summed E-state index contributed by atoms with van der Waals surface area (Å²) in [5.74, 6) is -0.232. The lowest BCUT2D eigenvalue weighted by Gasteiger charge is -2.50. The van der Waals surface area contributed by atoms with Crippen LogP contribution in [0.4, 0.5) is 0 Å². The van der Waals surface area contributed by atoms with Crippen molar-refractivity contribution in [3.8, 4) is 11.1 Å². The third-order valence-corrected chi connectivity index (χ3v) is 7.70. The highest BCUT2D eigenvalue weighted by atomic mass is 16.1. The fourth-order valence-corrected chi connectivity index (χ4v) is 6.15. The average molecular weight is 411 g/mol. The molecular weight excluding hydrogens is 384 g/mol. The molecule has 1 aliphatic carbocycles. The fraction of sp³-hybridized carbons (Fsp3) is 0.296. The Hall–Kier alpha value is -3.27. The Morgan fingerprint density at radius 3 is 1.84 bits per heavy atom. The summed E-state index contributed by atoms with van der Waals surface area (Å²) in [6.45, 7) is 11.4. The van der Waals surface area contributed by atoms with Gasteiger partial charge in [0.25, 0.3) is 0 Å². The highest BCUT2D eigenvalue weighted by Crippen LogP contribution is 2.66. The predicted octanol–water partition coefficient (Wildman–Crippen LogP) is 5.19. The van der Waals surface area contributed by atoms with Crippen LogP contribution >= 0.6 is 0 Å². The molecule has 0 bridgehead atoms. The molecule has 2 aromatic rings. The maximum Gasteiger partial charge on any atom is 0.178 e. The topological polar surface area (TPSA) is 49.7 Å². The van der Waals surface area contributed by atoms with Crippen molar-refractivity contribution in [2.45, 2.75) is 52.5 Å². The molecule has 1 unspecified atom stereocenters. The van der Waals surface area contributed by atoms with E-state index < -0.39 is 11.0 Å². The van der Waals surface area contributed by atoms with Gasteiger partial charge in [0.1, 0.15) is 5.70 Å². The van der Waals surface area contributed by atoms with Gasteiger partial charge >= 0.3 is 0 Å². The van der Waals surface area contributed by atoms with Gasteiger partial charge in [-0.05, 0) is 68.0 Å². The molecule has 1 spiro atoms. The molecule has 0 saturated carbocycles. The Bertz CT molecular complexity index is 1250. The lowest BCUT2D eigenvalue weighted by atomic mass is 9.58. The number of hydrogen-bond acceptors (Lipinski definition) is 4. The number of carbonyl (C=O) groups is 2. The highest BCUT2D eigenvalue weighted by Gasteiger charge is 2.68. The van der Waals surface area contributed by atoms with E-state index in [4.69, 9.17) is 5.10 Å². The van der Waals surface area contributed by atoms with Gasteiger partial charge in [0, 0.05) is 12.5 Å². The van der Waals surface area contributed by atoms with Gasteiger partial charge in [-0.25, -0.2) is 5.01 Å². The van der Waals surface area contributed by atoms with Crippen LogP contribution in [-0.2, 0) is 15.0 Å². The summed E-state index contributed by atoms with van der Waals surface area (Å²) < 4.78 is 0. The van der Waals surface area contributed by atoms with E-state index in [2.05, 4.69) is 45.0 Å². The standard InChI is InChI=1S/C27H26N2O2/c1-15-16(2)26(6)27(24(18(4)30)25(19(5)31)29(26)28-17(15)3)22-13-9-7-11-20(22)21-12-8-10-14-23(21)27/h7-14H,1-6H3. The number of benzene rings is 2. The number of carbonyl (C=O) groups excluding carboxylic acids is 2. The maximum absolute atomic E-state index is 13.4. The molecule has 0 fully saturated rings. The Balaban J connectivity index is 2.06. The van der Waals surface area contributed by atoms with Crippen LogP contribution in [0.2, 0.25) is 0 Å². The first-order valence-corrected chi connectivity index (χ1v) is 10.7. The van der Waals surface area contributed by atoms with E-state index in [1.54, 1.807) is 6.92 Å². The number of Topliss-reactive ketones (excluding diaryl/α,β-unsaturated/α-hetero) is 2. The van der Waals surface area contributed by atoms with Crippen LogP contribution in [0.1, 0.15) is 52.7 Å². The lowest BCUT2D eigenvalue weighted by Crippen LogP contribution is -2.57. The van der Waals surface area contributed by atoms with Gasteiger partial charge in [-0.3, -0.25) is 9.59 Å². The molecule has 2 aliphatic heterocycles. The van der Waals surface area contributed by atoms with Gasteiger partial charge in [-0.1, -0.05) is 48.5 Å². The largest absolute Gasteiger partial charge is 0.295 e. The quantitative estimate of drug-likeness (QED) is 0.685. The molecule has 0 saturated heterocycles. The molecule has 0 N–H and O–H groups in total. The number of nitrogens with zero attached hydrogens (tertiary/aromatic N) is 2. The zero-order valence-corrected chi connectivity index (χ0v) is 18.8. The Labute approximate surface area is 183 Å². The van der Waals surface area contributed by atoms with Crippen molar-refractivity contribution in [2.24, 2.45) is 5.10 Å². The highest BCUT2D eigenvalue weighted by molar-refractivity contribution is 6.11. The first kappa shape index (κ1) is 19.7. The smallest absolute Gasteiger partial charge is 0.178 e. The van der Waals surface area contributed by atoms with Crippen LogP contribution in [0.5, 0.6) is 0 Å². The van der Waals surface area contributed by atoms with Gasteiger partial charge in [0.2, 0.25) is 0 Å². The van der Waals surface area contributed by atoms with Crippen molar-refractivity contribution in [1.82, 2.24) is 5.01 Å². The van der Waals surface area contributed by atoms with E-state index in [0.29, 0.717) is 11.3 Å². The second kappa shape index (κ2) is 6.13. The van der Waals surface area contributed by atoms with E-state index in [0.717, 1.165) is 39.1 Å². The first-order valence-electron chi connectivity index (χ1n) is 10.7. The molecule has 0 aromatic heterocycles. The summed E-state index contributed by atoms with van der Waals surface area (Å²) in [5, 5.41) is 6.76. The maximum atomic E-state index is 13.4. The molecule has 3 aliphatic rings. The first-order chi connectivity index (χ1) is 14.7. The van der Waals surface area contributed by atoms with Crippen LogP contribution in [0, 0.1) is 0 Å². The molecule has 0 radical (unpaired) electrons. The van der Waals surface area contributed by atoms with Crippen LogP contribution in [0.25, 0.3) is 11.1 Å². The molecule has 4 heteroatoms. The van der Waals surface area contributed by atoms with Crippen LogP contribution in [0.15, 0.2) is 76.0 Å². The average Bonchev–Trinajstić information content (AvgIpc) is 3.17. The minimum absolute atomic E-state index is 0.0920. The number of rotatable bonds is 2. The number of hydrazone groups is 1. The molecule has 31 heavy (non-hydrogen) atoms. The van der Waals surface area contributed by atoms with Crippen molar-refractivity contribution in [1.29, 1.82) is 0 Å². The minimum atomic E-state index is -0.817. The molecule has 4 nitrogen and oxygen atoms in total. The zero-order chi connectivity index (χ0) is 22.3. The lowest BCUT2D eigenvalue weighted by molar-refractivity contribution is -0.117. The Kier molecular flexibility index (Phi) is 3.89. The van der Waals surface area contributed by atoms with Gasteiger partial charge in [0.15, 0.2) is 11.6 Å². The Morgan fingerprint density at radius 1 is 0.839 bits per heavy atom. The summed E-state index contributed by atoms with van der Waals surface area (Å²) in [5.41, 5.74) is 6.86. The molecule has 156 valence electrons. The van der Waals surface area contributed by atoms with Gasteiger partial charge in [-0.2, -0.15) is 5.10 Å². The molecule has 2 heterocycles. The normalized spacial score (nSPS) is 23.0. The second-order valence-electron chi connectivity index (χ2n) is 9.00. The summed E-state index contributed by atoms with van der Waals surface area (Å²) in [4.78, 5) is 26.5. The third kappa shape index (κ3) is 2.03. The Morgan fingerprint density at radius 2 is 1.35 bits per heavy atom. The second-order valence-corrected chi connectivity index (χ2v) is 9.00. The van der Waals surface area contributed by atoms with Crippen molar-refractivity contribution >= 4 is 17.3 Å². The van der Waals surface area contributed by atoms with Gasteiger partial charge in [-0.15, -0.1) is 0 Å². The zero-order valence-electron chi connectivity index (χ0n) is 18.8. The van der Waals surface area contributed by atoms with Crippen molar-refractivity contribution < 1.29 is 9.59 Å². The van der Waals surface area contributed by atoms with E-state index >= 15 is 0 Å².